The van der Waals surface area contributed by atoms with Crippen molar-refractivity contribution in [3.8, 4) is 0 Å². The first kappa shape index (κ1) is 15.3. The first-order chi connectivity index (χ1) is 10.6. The Kier molecular flexibility index (Phi) is 4.06. The third kappa shape index (κ3) is 2.27. The minimum atomic E-state index is -0.207. The molecule has 0 aromatic carbocycles. The summed E-state index contributed by atoms with van der Waals surface area (Å²) in [7, 11) is 0. The fraction of sp³-hybridized carbons (Fsp3) is 0.706. The van der Waals surface area contributed by atoms with Gasteiger partial charge in [0.1, 0.15) is 6.54 Å². The number of fused-ring (bicyclic) bond motifs is 5. The molecule has 22 heavy (non-hydrogen) atoms. The van der Waals surface area contributed by atoms with Gasteiger partial charge in [-0.05, 0) is 31.1 Å². The third-order valence-corrected chi connectivity index (χ3v) is 5.19. The normalized spacial score (nSPS) is 32.0. The molecule has 0 spiro atoms. The van der Waals surface area contributed by atoms with E-state index in [9.17, 15) is 14.4 Å². The van der Waals surface area contributed by atoms with E-state index in [4.69, 9.17) is 0 Å². The Hall–Kier alpha value is -1.65. The summed E-state index contributed by atoms with van der Waals surface area (Å²) in [5.74, 6) is -0.378. The second-order valence-electron chi connectivity index (χ2n) is 6.64. The molecular formula is C17H24N2O3. The Morgan fingerprint density at radius 1 is 1.09 bits per heavy atom. The van der Waals surface area contributed by atoms with Crippen LogP contribution in [-0.4, -0.2) is 47.2 Å². The summed E-state index contributed by atoms with van der Waals surface area (Å²) in [6.45, 7) is 5.33. The Morgan fingerprint density at radius 2 is 1.59 bits per heavy atom. The van der Waals surface area contributed by atoms with Gasteiger partial charge in [0, 0.05) is 13.1 Å². The quantitative estimate of drug-likeness (QED) is 0.551. The standard InChI is InChI=1S/C17H24N2O3/c1-3-7-18(8-4-2)13(20)10-19-16(21)14-11-5-6-12(9-11)15(14)17(19)22/h5-6,11-12,14-15H,3-4,7-10H2,1-2H3. The summed E-state index contributed by atoms with van der Waals surface area (Å²) in [4.78, 5) is 40.5. The van der Waals surface area contributed by atoms with E-state index in [-0.39, 0.29) is 47.9 Å². The van der Waals surface area contributed by atoms with Crippen LogP contribution in [0.3, 0.4) is 0 Å². The highest BCUT2D eigenvalue weighted by Gasteiger charge is 2.59. The summed E-state index contributed by atoms with van der Waals surface area (Å²) in [6, 6.07) is 0. The first-order valence-corrected chi connectivity index (χ1v) is 8.39. The summed E-state index contributed by atoms with van der Waals surface area (Å²) < 4.78 is 0. The van der Waals surface area contributed by atoms with Gasteiger partial charge in [-0.2, -0.15) is 0 Å². The van der Waals surface area contributed by atoms with Crippen LogP contribution < -0.4 is 0 Å². The Balaban J connectivity index is 1.70. The number of imide groups is 1. The van der Waals surface area contributed by atoms with E-state index in [2.05, 4.69) is 12.2 Å². The van der Waals surface area contributed by atoms with E-state index in [1.54, 1.807) is 4.90 Å². The largest absolute Gasteiger partial charge is 0.341 e. The number of rotatable bonds is 6. The smallest absolute Gasteiger partial charge is 0.242 e. The molecule has 4 unspecified atom stereocenters. The predicted molar refractivity (Wildman–Crippen MR) is 81.6 cm³/mol. The Bertz CT molecular complexity index is 492. The van der Waals surface area contributed by atoms with E-state index in [1.165, 1.54) is 4.90 Å². The van der Waals surface area contributed by atoms with Gasteiger partial charge < -0.3 is 4.90 Å². The molecular weight excluding hydrogens is 280 g/mol. The van der Waals surface area contributed by atoms with Crippen LogP contribution in [0.5, 0.6) is 0 Å². The van der Waals surface area contributed by atoms with Gasteiger partial charge in [-0.1, -0.05) is 26.0 Å². The Morgan fingerprint density at radius 3 is 2.05 bits per heavy atom. The van der Waals surface area contributed by atoms with Gasteiger partial charge in [-0.3, -0.25) is 19.3 Å². The van der Waals surface area contributed by atoms with Crippen LogP contribution in [-0.2, 0) is 14.4 Å². The molecule has 3 aliphatic rings. The van der Waals surface area contributed by atoms with Crippen molar-refractivity contribution in [3.05, 3.63) is 12.2 Å². The molecule has 5 heteroatoms. The van der Waals surface area contributed by atoms with Crippen molar-refractivity contribution >= 4 is 17.7 Å². The number of carbonyl (C=O) groups is 3. The highest BCUT2D eigenvalue weighted by Crippen LogP contribution is 2.52. The van der Waals surface area contributed by atoms with E-state index in [1.807, 2.05) is 13.8 Å². The number of nitrogens with zero attached hydrogens (tertiary/aromatic N) is 2. The Labute approximate surface area is 131 Å². The molecule has 0 radical (unpaired) electrons. The van der Waals surface area contributed by atoms with Crippen molar-refractivity contribution < 1.29 is 14.4 Å². The zero-order valence-corrected chi connectivity index (χ0v) is 13.3. The number of hydrogen-bond acceptors (Lipinski definition) is 3. The predicted octanol–water partition coefficient (Wildman–Crippen LogP) is 1.44. The first-order valence-electron chi connectivity index (χ1n) is 8.39. The van der Waals surface area contributed by atoms with Crippen LogP contribution in [0.15, 0.2) is 12.2 Å². The SMILES string of the molecule is CCCN(CCC)C(=O)CN1C(=O)C2C3C=CC(C3)C2C1=O. The van der Waals surface area contributed by atoms with Gasteiger partial charge in [-0.15, -0.1) is 0 Å². The molecule has 2 aliphatic carbocycles. The lowest BCUT2D eigenvalue weighted by atomic mass is 9.85. The highest BCUT2D eigenvalue weighted by atomic mass is 16.2. The molecule has 5 nitrogen and oxygen atoms in total. The van der Waals surface area contributed by atoms with E-state index >= 15 is 0 Å². The third-order valence-electron chi connectivity index (χ3n) is 5.19. The number of amides is 3. The molecule has 0 aromatic rings. The average molecular weight is 304 g/mol. The molecule has 0 aromatic heterocycles. The van der Waals surface area contributed by atoms with Crippen molar-refractivity contribution in [3.63, 3.8) is 0 Å². The zero-order chi connectivity index (χ0) is 15.9. The van der Waals surface area contributed by atoms with Crippen LogP contribution in [0.1, 0.15) is 33.1 Å². The van der Waals surface area contributed by atoms with E-state index in [0.717, 1.165) is 19.3 Å². The lowest BCUT2D eigenvalue weighted by Gasteiger charge is -2.24. The van der Waals surface area contributed by atoms with Gasteiger partial charge >= 0.3 is 0 Å². The molecule has 2 bridgehead atoms. The average Bonchev–Trinajstić information content (AvgIpc) is 3.16. The topological polar surface area (TPSA) is 57.7 Å². The molecule has 4 atom stereocenters. The number of hydrogen-bond donors (Lipinski definition) is 0. The van der Waals surface area contributed by atoms with Gasteiger partial charge in [0.05, 0.1) is 11.8 Å². The van der Waals surface area contributed by atoms with Gasteiger partial charge in [0.15, 0.2) is 0 Å². The molecule has 1 aliphatic heterocycles. The number of likely N-dealkylation sites (tertiary alicyclic amines) is 1. The van der Waals surface area contributed by atoms with Crippen molar-refractivity contribution in [2.24, 2.45) is 23.7 Å². The van der Waals surface area contributed by atoms with Crippen LogP contribution in [0, 0.1) is 23.7 Å². The minimum absolute atomic E-state index is 0.0793. The maximum Gasteiger partial charge on any atom is 0.242 e. The summed E-state index contributed by atoms with van der Waals surface area (Å²) in [5, 5.41) is 0. The van der Waals surface area contributed by atoms with E-state index < -0.39 is 0 Å². The molecule has 3 amide bonds. The minimum Gasteiger partial charge on any atom is -0.341 e. The highest BCUT2D eigenvalue weighted by molar-refractivity contribution is 6.08. The number of allylic oxidation sites excluding steroid dienone is 2. The molecule has 1 saturated carbocycles. The van der Waals surface area contributed by atoms with Gasteiger partial charge in [0.25, 0.3) is 0 Å². The van der Waals surface area contributed by atoms with Crippen molar-refractivity contribution in [1.29, 1.82) is 0 Å². The molecule has 1 heterocycles. The second-order valence-corrected chi connectivity index (χ2v) is 6.64. The summed E-state index contributed by atoms with van der Waals surface area (Å²) in [6.07, 6.45) is 6.83. The summed E-state index contributed by atoms with van der Waals surface area (Å²) in [5.41, 5.74) is 0. The maximum atomic E-state index is 12.6. The van der Waals surface area contributed by atoms with Crippen LogP contribution >= 0.6 is 0 Å². The lowest BCUT2D eigenvalue weighted by Crippen LogP contribution is -2.44. The van der Waals surface area contributed by atoms with Crippen molar-refractivity contribution in [1.82, 2.24) is 9.80 Å². The van der Waals surface area contributed by atoms with Crippen LogP contribution in [0.2, 0.25) is 0 Å². The lowest BCUT2D eigenvalue weighted by molar-refractivity contribution is -0.147. The fourth-order valence-electron chi connectivity index (χ4n) is 4.26. The molecule has 3 rings (SSSR count). The molecule has 120 valence electrons. The molecule has 1 saturated heterocycles. The van der Waals surface area contributed by atoms with Gasteiger partial charge in [-0.25, -0.2) is 0 Å². The monoisotopic (exact) mass is 304 g/mol. The number of carbonyl (C=O) groups excluding carboxylic acids is 3. The molecule has 2 fully saturated rings. The zero-order valence-electron chi connectivity index (χ0n) is 13.3. The van der Waals surface area contributed by atoms with Crippen molar-refractivity contribution in [2.45, 2.75) is 33.1 Å². The van der Waals surface area contributed by atoms with Crippen molar-refractivity contribution in [2.75, 3.05) is 19.6 Å². The van der Waals surface area contributed by atoms with Crippen LogP contribution in [0.4, 0.5) is 0 Å². The second kappa shape index (κ2) is 5.86. The summed E-state index contributed by atoms with van der Waals surface area (Å²) >= 11 is 0. The van der Waals surface area contributed by atoms with Gasteiger partial charge in [0.2, 0.25) is 17.7 Å². The maximum absolute atomic E-state index is 12.6. The van der Waals surface area contributed by atoms with E-state index in [0.29, 0.717) is 13.1 Å². The fourth-order valence-corrected chi connectivity index (χ4v) is 4.26. The molecule has 0 N–H and O–H groups in total. The van der Waals surface area contributed by atoms with Crippen LogP contribution in [0.25, 0.3) is 0 Å².